The molecular weight excluding hydrogens is 1360 g/mol. The molecular formula is C87H140N10O9S. The minimum atomic E-state index is -3.31. The number of anilines is 2. The van der Waals surface area contributed by atoms with Gasteiger partial charge in [-0.1, -0.05) is 258 Å². The second-order valence-electron chi connectivity index (χ2n) is 23.5. The Balaban J connectivity index is -0.000000369. The van der Waals surface area contributed by atoms with Crippen LogP contribution in [0.5, 0.6) is 5.75 Å². The molecule has 0 atom stereocenters. The number of benzene rings is 7. The van der Waals surface area contributed by atoms with E-state index in [0.717, 1.165) is 28.0 Å². The van der Waals surface area contributed by atoms with Gasteiger partial charge in [-0.05, 0) is 159 Å². The first-order chi connectivity index (χ1) is 51.1. The summed E-state index contributed by atoms with van der Waals surface area (Å²) in [6.07, 6.45) is 0.0233. The fourth-order valence-corrected chi connectivity index (χ4v) is 10.8. The first kappa shape index (κ1) is 106. The van der Waals surface area contributed by atoms with Crippen LogP contribution < -0.4 is 51.9 Å². The van der Waals surface area contributed by atoms with Crippen LogP contribution in [0.2, 0.25) is 0 Å². The van der Waals surface area contributed by atoms with Gasteiger partial charge in [-0.3, -0.25) is 19.0 Å². The molecule has 8 aromatic rings. The zero-order valence-electron chi connectivity index (χ0n) is 70.6. The predicted molar refractivity (Wildman–Crippen MR) is 456 cm³/mol. The number of carbonyl (C=O) groups is 5. The quantitative estimate of drug-likeness (QED) is 0.0482. The highest BCUT2D eigenvalue weighted by Crippen LogP contribution is 2.39. The Morgan fingerprint density at radius 1 is 0.486 bits per heavy atom. The van der Waals surface area contributed by atoms with Crippen LogP contribution in [0.25, 0.3) is 11.0 Å². The fraction of sp³-hybridized carbons (Fsp3) is 0.448. The summed E-state index contributed by atoms with van der Waals surface area (Å²) in [5, 5.41) is 16.5. The van der Waals surface area contributed by atoms with Crippen LogP contribution in [0.3, 0.4) is 0 Å². The van der Waals surface area contributed by atoms with Gasteiger partial charge in [-0.2, -0.15) is 0 Å². The lowest BCUT2D eigenvalue weighted by atomic mass is 9.75. The van der Waals surface area contributed by atoms with E-state index in [4.69, 9.17) is 4.74 Å². The van der Waals surface area contributed by atoms with E-state index in [1.54, 1.807) is 85.1 Å². The minimum absolute atomic E-state index is 0.00870. The molecule has 0 bridgehead atoms. The SMILES string of the molecule is CC.CC.CC.CC.CC.CC.CC.CC(C)C1(C(C)C)C(=O)NCN1c1ccccc1.CC(C)NC(=O)Cc1ccccc1.CC(C)NC(=O)Nc1ccccc1.CC(C)NC(=O)c1ccccc1.CC(C)NS(=O)(=O)c1ccccc1.CC(C)n1c(=O)[nH]c2ccccc21.CNC(=O)Oc1ccccc1. The third-order valence-corrected chi connectivity index (χ3v) is 15.0. The van der Waals surface area contributed by atoms with E-state index in [1.807, 2.05) is 280 Å². The molecule has 8 N–H and O–H groups in total. The van der Waals surface area contributed by atoms with Crippen LogP contribution in [-0.4, -0.2) is 91.2 Å². The van der Waals surface area contributed by atoms with Crippen molar-refractivity contribution in [3.05, 3.63) is 228 Å². The number of urea groups is 1. The van der Waals surface area contributed by atoms with Gasteiger partial charge in [0.1, 0.15) is 11.3 Å². The number of imidazole rings is 1. The number of nitrogens with one attached hydrogen (secondary N) is 8. The summed E-state index contributed by atoms with van der Waals surface area (Å²) in [6.45, 7) is 56.3. The summed E-state index contributed by atoms with van der Waals surface area (Å²) in [4.78, 5) is 73.7. The third-order valence-electron chi connectivity index (χ3n) is 13.3. The van der Waals surface area contributed by atoms with Gasteiger partial charge in [0.15, 0.2) is 0 Å². The van der Waals surface area contributed by atoms with E-state index in [-0.39, 0.29) is 71.5 Å². The molecule has 6 amide bonds. The molecule has 7 aromatic carbocycles. The Labute approximate surface area is 647 Å². The average molecular weight is 1500 g/mol. The highest BCUT2D eigenvalue weighted by atomic mass is 32.2. The number of rotatable bonds is 15. The lowest BCUT2D eigenvalue weighted by Gasteiger charge is -2.43. The van der Waals surface area contributed by atoms with Crippen molar-refractivity contribution in [3.8, 4) is 5.75 Å². The van der Waals surface area contributed by atoms with Crippen molar-refractivity contribution in [3.63, 3.8) is 0 Å². The zero-order valence-corrected chi connectivity index (χ0v) is 71.4. The Morgan fingerprint density at radius 3 is 1.31 bits per heavy atom. The minimum Gasteiger partial charge on any atom is -0.410 e. The highest BCUT2D eigenvalue weighted by molar-refractivity contribution is 7.89. The summed E-state index contributed by atoms with van der Waals surface area (Å²) in [5.74, 6) is 1.30. The molecule has 2 heterocycles. The molecule has 0 radical (unpaired) electrons. The van der Waals surface area contributed by atoms with Gasteiger partial charge in [-0.15, -0.1) is 0 Å². The first-order valence-corrected chi connectivity index (χ1v) is 39.7. The van der Waals surface area contributed by atoms with Gasteiger partial charge in [0.05, 0.1) is 29.0 Å². The number of fused-ring (bicyclic) bond motifs is 1. The second kappa shape index (κ2) is 64.8. The molecule has 9 rings (SSSR count). The van der Waals surface area contributed by atoms with Crippen LogP contribution in [-0.2, 0) is 26.0 Å². The van der Waals surface area contributed by atoms with Crippen molar-refractivity contribution in [2.75, 3.05) is 23.9 Å². The standard InChI is InChI=1S/C15H22N2O.C11H15NO.C10H12N2O.C10H14N2O.C10H13NO.C9H13NO2S.C8H9NO2.7C2H6/c1-11(2)15(12(3)4)14(18)16-10-17(15)13-8-6-5-7-9-13;1-9(2)12-11(13)8-10-6-4-3-5-7-10;1-7(2)12-9-6-4-3-5-8(9)11-10(12)13;1-8(2)11-10(13)12-9-6-4-3-5-7-9;1-8(2)11-10(12)9-6-4-3-5-7-9;1-8(2)10-13(11,12)9-6-4-3-5-7-9;1-9-8(10)11-7-5-3-2-4-6-7;7*1-2/h5-9,11-12H,10H2,1-4H3,(H,16,18);3-7,9H,8H2,1-2H3,(H,12,13);3-7H,1-2H3,(H,11,13);3-8H,1-2H3,(H2,11,12,13);3-8H,1-2H3,(H,11,12);3-8,10H,1-2H3;2-6H,1H3,(H,9,10);7*1-2H3. The number of H-pyrrole nitrogens is 1. The number of hydrogen-bond donors (Lipinski definition) is 8. The van der Waals surface area contributed by atoms with Crippen LogP contribution >= 0.6 is 0 Å². The normalized spacial score (nSPS) is 10.8. The van der Waals surface area contributed by atoms with Gasteiger partial charge in [0.2, 0.25) is 21.8 Å². The average Bonchev–Trinajstić information content (AvgIpc) is 1.62. The molecule has 20 heteroatoms. The summed E-state index contributed by atoms with van der Waals surface area (Å²) in [5.41, 5.74) is 5.09. The van der Waals surface area contributed by atoms with Gasteiger partial charge >= 0.3 is 17.8 Å². The van der Waals surface area contributed by atoms with Crippen LogP contribution in [0.15, 0.2) is 216 Å². The number of aromatic nitrogens is 2. The van der Waals surface area contributed by atoms with E-state index in [0.29, 0.717) is 29.3 Å². The number of ether oxygens (including phenoxy) is 1. The highest BCUT2D eigenvalue weighted by Gasteiger charge is 2.53. The predicted octanol–water partition coefficient (Wildman–Crippen LogP) is 20.3. The van der Waals surface area contributed by atoms with Crippen molar-refractivity contribution in [2.24, 2.45) is 11.8 Å². The molecule has 1 aliphatic rings. The Hall–Kier alpha value is -9.53. The molecule has 1 saturated heterocycles. The molecule has 107 heavy (non-hydrogen) atoms. The van der Waals surface area contributed by atoms with Crippen molar-refractivity contribution in [1.82, 2.24) is 40.9 Å². The van der Waals surface area contributed by atoms with Crippen LogP contribution in [0.1, 0.15) is 216 Å². The maximum absolute atomic E-state index is 12.4. The topological polar surface area (TPSA) is 254 Å². The van der Waals surface area contributed by atoms with Gasteiger partial charge in [0.25, 0.3) is 5.91 Å². The molecule has 1 fully saturated rings. The lowest BCUT2D eigenvalue weighted by molar-refractivity contribution is -0.126. The van der Waals surface area contributed by atoms with Gasteiger partial charge in [0, 0.05) is 54.2 Å². The fourth-order valence-electron chi connectivity index (χ4n) is 9.52. The monoisotopic (exact) mass is 1500 g/mol. The van der Waals surface area contributed by atoms with Crippen molar-refractivity contribution < 1.29 is 37.1 Å². The maximum Gasteiger partial charge on any atom is 0.412 e. The number of para-hydroxylation sites is 5. The Bertz CT molecular complexity index is 3560. The van der Waals surface area contributed by atoms with Gasteiger partial charge < -0.3 is 46.5 Å². The summed E-state index contributed by atoms with van der Waals surface area (Å²) in [6, 6.07) is 64.0. The number of nitrogens with zero attached hydrogens (tertiary/aromatic N) is 2. The molecule has 0 aliphatic carbocycles. The van der Waals surface area contributed by atoms with Crippen molar-refractivity contribution in [1.29, 1.82) is 0 Å². The summed E-state index contributed by atoms with van der Waals surface area (Å²) < 4.78 is 32.1. The number of hydrogen-bond acceptors (Lipinski definition) is 10. The van der Waals surface area contributed by atoms with Crippen molar-refractivity contribution >= 4 is 62.3 Å². The molecule has 0 saturated carbocycles. The van der Waals surface area contributed by atoms with Crippen molar-refractivity contribution in [2.45, 2.75) is 241 Å². The molecule has 19 nitrogen and oxygen atoms in total. The largest absolute Gasteiger partial charge is 0.412 e. The van der Waals surface area contributed by atoms with E-state index >= 15 is 0 Å². The number of amides is 6. The lowest BCUT2D eigenvalue weighted by Crippen LogP contribution is -2.57. The summed E-state index contributed by atoms with van der Waals surface area (Å²) in [7, 11) is -1.79. The van der Waals surface area contributed by atoms with Crippen LogP contribution in [0.4, 0.5) is 21.0 Å². The van der Waals surface area contributed by atoms with Crippen LogP contribution in [0, 0.1) is 11.8 Å². The van der Waals surface area contributed by atoms with E-state index in [1.165, 1.54) is 7.05 Å². The maximum atomic E-state index is 12.4. The molecule has 1 aromatic heterocycles. The third kappa shape index (κ3) is 44.3. The van der Waals surface area contributed by atoms with E-state index in [9.17, 15) is 37.2 Å². The number of aromatic amines is 1. The van der Waals surface area contributed by atoms with E-state index < -0.39 is 21.7 Å². The molecule has 0 unspecified atom stereocenters. The second-order valence-corrected chi connectivity index (χ2v) is 25.2. The molecule has 0 spiro atoms. The Morgan fingerprint density at radius 2 is 0.888 bits per heavy atom. The van der Waals surface area contributed by atoms with Gasteiger partial charge in [-0.25, -0.2) is 27.5 Å². The Kier molecular flexibility index (Phi) is 64.3. The number of carbonyl (C=O) groups excluding carboxylic acids is 5. The first-order valence-electron chi connectivity index (χ1n) is 38.3. The summed E-state index contributed by atoms with van der Waals surface area (Å²) >= 11 is 0. The van der Waals surface area contributed by atoms with E-state index in [2.05, 4.69) is 86.3 Å². The number of sulfonamides is 1. The molecule has 598 valence electrons. The molecule has 1 aliphatic heterocycles. The zero-order chi connectivity index (χ0) is 83.1. The smallest absolute Gasteiger partial charge is 0.410 e.